The van der Waals surface area contributed by atoms with Gasteiger partial charge in [0.05, 0.1) is 37.2 Å². The standard InChI is InChI=1S/C40H49N5O6S/c1-26-9-12-33-28(18-26)7-5-15-40(33)24-45-20-29-10-11-32(29)35(49-3)8-4-6-27(2)23-52(48,42-38(46)30-19-31-22-50-17-16-44(31)21-30)43-39(47)34-13-14-36(51-25-40)37(45)41-34/h4,8-9,12-14,18-19,21,27,29,32,35H,5-7,10-11,15-17,20,22-25H2,1-3H3,(H,42,43,46,47,48)/b8-4+/t27-,29-,32+,35-,40-,52+/m0/s1. The molecule has 5 heterocycles. The number of carbonyl (C=O) groups is 2. The van der Waals surface area contributed by atoms with Crippen molar-refractivity contribution in [3.8, 4) is 5.75 Å². The van der Waals surface area contributed by atoms with Gasteiger partial charge in [0.1, 0.15) is 15.6 Å². The number of benzene rings is 1. The van der Waals surface area contributed by atoms with E-state index in [2.05, 4.69) is 51.3 Å². The van der Waals surface area contributed by atoms with Gasteiger partial charge < -0.3 is 23.7 Å². The Balaban J connectivity index is 1.18. The van der Waals surface area contributed by atoms with Crippen molar-refractivity contribution in [2.75, 3.05) is 44.1 Å². The molecule has 12 heteroatoms. The van der Waals surface area contributed by atoms with Crippen molar-refractivity contribution in [2.24, 2.45) is 22.1 Å². The number of allylic oxidation sites excluding steroid dienone is 1. The van der Waals surface area contributed by atoms with Crippen LogP contribution in [0, 0.1) is 24.7 Å². The molecule has 2 aliphatic carbocycles. The molecule has 2 aromatic heterocycles. The third-order valence-corrected chi connectivity index (χ3v) is 13.7. The van der Waals surface area contributed by atoms with E-state index in [0.717, 1.165) is 44.3 Å². The molecule has 8 rings (SSSR count). The lowest BCUT2D eigenvalue weighted by atomic mass is 9.68. The maximum absolute atomic E-state index is 14.6. The third kappa shape index (κ3) is 6.80. The molecule has 0 radical (unpaired) electrons. The summed E-state index contributed by atoms with van der Waals surface area (Å²) in [5.41, 5.74) is 5.02. The molecular weight excluding hydrogens is 679 g/mol. The molecular formula is C40H49N5O6S. The molecule has 52 heavy (non-hydrogen) atoms. The topological polar surface area (TPSA) is 124 Å². The first-order chi connectivity index (χ1) is 25.1. The molecule has 1 fully saturated rings. The Hall–Kier alpha value is -4.00. The number of anilines is 1. The predicted octanol–water partition coefficient (Wildman–Crippen LogP) is 5.79. The Morgan fingerprint density at radius 3 is 2.87 bits per heavy atom. The smallest absolute Gasteiger partial charge is 0.305 e. The van der Waals surface area contributed by atoms with Crippen LogP contribution in [0.25, 0.3) is 0 Å². The molecule has 3 aliphatic heterocycles. The van der Waals surface area contributed by atoms with Crippen LogP contribution in [-0.4, -0.2) is 70.8 Å². The molecule has 6 atom stereocenters. The maximum atomic E-state index is 14.6. The van der Waals surface area contributed by atoms with Crippen LogP contribution in [-0.2, 0) is 44.4 Å². The van der Waals surface area contributed by atoms with Gasteiger partial charge in [0.2, 0.25) is 0 Å². The van der Waals surface area contributed by atoms with E-state index in [-0.39, 0.29) is 28.9 Å². The summed E-state index contributed by atoms with van der Waals surface area (Å²) in [6.45, 7) is 7.65. The number of rotatable bonds is 3. The summed E-state index contributed by atoms with van der Waals surface area (Å²) in [5.74, 6) is 0.496. The number of ether oxygens (including phenoxy) is 3. The number of carbonyl (C=O) groups excluding carboxylic acids is 2. The van der Waals surface area contributed by atoms with E-state index < -0.39 is 21.7 Å². The number of hydrogen-bond donors (Lipinski definition) is 1. The van der Waals surface area contributed by atoms with Gasteiger partial charge in [-0.15, -0.1) is 4.36 Å². The highest BCUT2D eigenvalue weighted by Crippen LogP contribution is 2.46. The van der Waals surface area contributed by atoms with E-state index in [1.165, 1.54) is 16.7 Å². The van der Waals surface area contributed by atoms with Gasteiger partial charge in [0.15, 0.2) is 11.6 Å². The number of nitrogens with one attached hydrogen (secondary N) is 1. The van der Waals surface area contributed by atoms with Crippen LogP contribution in [0.15, 0.2) is 59.1 Å². The molecule has 1 aromatic carbocycles. The Bertz CT molecular complexity index is 2010. The molecule has 2 bridgehead atoms. The summed E-state index contributed by atoms with van der Waals surface area (Å²) >= 11 is 0. The molecule has 0 unspecified atom stereocenters. The normalized spacial score (nSPS) is 30.8. The highest BCUT2D eigenvalue weighted by atomic mass is 32.2. The summed E-state index contributed by atoms with van der Waals surface area (Å²) in [6, 6.07) is 11.9. The second kappa shape index (κ2) is 14.1. The average molecular weight is 728 g/mol. The molecule has 1 saturated carbocycles. The van der Waals surface area contributed by atoms with Crippen LogP contribution in [0.3, 0.4) is 0 Å². The SMILES string of the molecule is CO[C@H]1/C=C/C[C@H](C)C[S@@](=O)(NC(=O)c2cc3n(c2)CCOC3)=NC(=O)c2ccc3c(n2)N(C[C@@H]2CC[C@H]21)C[C@@]1(CCCc2cc(C)ccc21)CO3. The Morgan fingerprint density at radius 1 is 1.17 bits per heavy atom. The molecule has 2 amide bonds. The van der Waals surface area contributed by atoms with Crippen molar-refractivity contribution in [3.63, 3.8) is 0 Å². The van der Waals surface area contributed by atoms with Gasteiger partial charge >= 0.3 is 5.91 Å². The fourth-order valence-electron chi connectivity index (χ4n) is 8.92. The van der Waals surface area contributed by atoms with Crippen LogP contribution >= 0.6 is 0 Å². The van der Waals surface area contributed by atoms with E-state index in [4.69, 9.17) is 19.2 Å². The Morgan fingerprint density at radius 2 is 2.06 bits per heavy atom. The number of pyridine rings is 1. The zero-order valence-electron chi connectivity index (χ0n) is 30.3. The van der Waals surface area contributed by atoms with Gasteiger partial charge in [-0.1, -0.05) is 42.8 Å². The minimum absolute atomic E-state index is 0.00320. The molecule has 1 spiro atoms. The molecule has 11 nitrogen and oxygen atoms in total. The van der Waals surface area contributed by atoms with Crippen LogP contribution < -0.4 is 14.4 Å². The van der Waals surface area contributed by atoms with Gasteiger partial charge in [0, 0.05) is 44.0 Å². The first kappa shape index (κ1) is 35.1. The van der Waals surface area contributed by atoms with Crippen molar-refractivity contribution >= 4 is 27.5 Å². The Kier molecular flexibility index (Phi) is 9.50. The summed E-state index contributed by atoms with van der Waals surface area (Å²) < 4.78 is 41.8. The summed E-state index contributed by atoms with van der Waals surface area (Å²) in [5, 5.41) is 0. The van der Waals surface area contributed by atoms with Gasteiger partial charge in [-0.3, -0.25) is 14.3 Å². The van der Waals surface area contributed by atoms with E-state index in [1.54, 1.807) is 31.5 Å². The lowest BCUT2D eigenvalue weighted by Gasteiger charge is -2.45. The minimum atomic E-state index is -3.56. The fourth-order valence-corrected chi connectivity index (χ4v) is 10.8. The summed E-state index contributed by atoms with van der Waals surface area (Å²) in [4.78, 5) is 34.9. The number of fused-ring (bicyclic) bond motifs is 5. The van der Waals surface area contributed by atoms with Gasteiger partial charge in [-0.05, 0) is 92.5 Å². The summed E-state index contributed by atoms with van der Waals surface area (Å²) in [6.07, 6.45) is 11.7. The number of aromatic nitrogens is 2. The molecule has 0 saturated heterocycles. The van der Waals surface area contributed by atoms with Crippen LogP contribution in [0.4, 0.5) is 5.82 Å². The monoisotopic (exact) mass is 727 g/mol. The van der Waals surface area contributed by atoms with Crippen molar-refractivity contribution in [2.45, 2.75) is 77.0 Å². The van der Waals surface area contributed by atoms with E-state index >= 15 is 0 Å². The minimum Gasteiger partial charge on any atom is -0.489 e. The predicted molar refractivity (Wildman–Crippen MR) is 199 cm³/mol. The highest BCUT2D eigenvalue weighted by Gasteiger charge is 2.45. The molecule has 5 aliphatic rings. The van der Waals surface area contributed by atoms with E-state index in [1.807, 2.05) is 11.5 Å². The largest absolute Gasteiger partial charge is 0.489 e. The van der Waals surface area contributed by atoms with Crippen molar-refractivity contribution in [1.29, 1.82) is 0 Å². The molecule has 276 valence electrons. The number of nitrogens with zero attached hydrogens (tertiary/aromatic N) is 4. The van der Waals surface area contributed by atoms with Crippen molar-refractivity contribution in [3.05, 3.63) is 88.4 Å². The average Bonchev–Trinajstić information content (AvgIpc) is 3.49. The maximum Gasteiger partial charge on any atom is 0.305 e. The second-order valence-electron chi connectivity index (χ2n) is 15.6. The van der Waals surface area contributed by atoms with Gasteiger partial charge in [0.25, 0.3) is 5.91 Å². The quantitative estimate of drug-likeness (QED) is 0.337. The highest BCUT2D eigenvalue weighted by molar-refractivity contribution is 7.92. The van der Waals surface area contributed by atoms with E-state index in [0.29, 0.717) is 68.3 Å². The van der Waals surface area contributed by atoms with E-state index in [9.17, 15) is 13.8 Å². The first-order valence-corrected chi connectivity index (χ1v) is 20.4. The molecule has 3 aromatic rings. The van der Waals surface area contributed by atoms with Gasteiger partial charge in [-0.2, -0.15) is 0 Å². The van der Waals surface area contributed by atoms with Crippen molar-refractivity contribution in [1.82, 2.24) is 14.3 Å². The first-order valence-electron chi connectivity index (χ1n) is 18.7. The number of amides is 2. The third-order valence-electron chi connectivity index (χ3n) is 11.7. The lowest BCUT2D eigenvalue weighted by molar-refractivity contribution is 0.0131. The fraction of sp³-hybridized carbons (Fsp3) is 0.525. The van der Waals surface area contributed by atoms with Crippen molar-refractivity contribution < 1.29 is 28.0 Å². The number of methoxy groups -OCH3 is 1. The van der Waals surface area contributed by atoms with Crippen LogP contribution in [0.2, 0.25) is 0 Å². The lowest BCUT2D eigenvalue weighted by Crippen LogP contribution is -2.49. The number of aryl methyl sites for hydroxylation is 2. The zero-order chi connectivity index (χ0) is 36.0. The van der Waals surface area contributed by atoms with Crippen LogP contribution in [0.1, 0.15) is 82.3 Å². The van der Waals surface area contributed by atoms with Gasteiger partial charge in [-0.25, -0.2) is 9.19 Å². The second-order valence-corrected chi connectivity index (χ2v) is 17.6. The molecule has 1 N–H and O–H groups in total. The number of hydrogen-bond acceptors (Lipinski definition) is 8. The zero-order valence-corrected chi connectivity index (χ0v) is 31.2. The summed E-state index contributed by atoms with van der Waals surface area (Å²) in [7, 11) is -1.79. The van der Waals surface area contributed by atoms with Crippen LogP contribution in [0.5, 0.6) is 5.75 Å². The Labute approximate surface area is 306 Å².